The Labute approximate surface area is 168 Å². The Kier molecular flexibility index (Phi) is 6.31. The molecular formula is C22H23N3O2S. The molecule has 1 heterocycles. The fourth-order valence-electron chi connectivity index (χ4n) is 2.75. The van der Waals surface area contributed by atoms with E-state index >= 15 is 0 Å². The molecule has 0 aliphatic carbocycles. The van der Waals surface area contributed by atoms with Crippen LogP contribution in [0.4, 0.5) is 5.69 Å². The average Bonchev–Trinajstić information content (AvgIpc) is 2.67. The largest absolute Gasteiger partial charge is 0.325 e. The molecule has 2 N–H and O–H groups in total. The van der Waals surface area contributed by atoms with E-state index in [1.165, 1.54) is 11.8 Å². The van der Waals surface area contributed by atoms with Crippen LogP contribution in [-0.4, -0.2) is 21.1 Å². The molecule has 3 rings (SSSR count). The van der Waals surface area contributed by atoms with E-state index in [-0.39, 0.29) is 11.5 Å². The van der Waals surface area contributed by atoms with Crippen LogP contribution >= 0.6 is 11.8 Å². The Hall–Kier alpha value is -2.86. The summed E-state index contributed by atoms with van der Waals surface area (Å²) in [4.78, 5) is 32.3. The number of amides is 1. The Morgan fingerprint density at radius 2 is 1.79 bits per heavy atom. The normalized spacial score (nSPS) is 11.8. The quantitative estimate of drug-likeness (QED) is 0.488. The van der Waals surface area contributed by atoms with Crippen LogP contribution in [0.3, 0.4) is 0 Å². The van der Waals surface area contributed by atoms with E-state index in [1.807, 2.05) is 68.4 Å². The van der Waals surface area contributed by atoms with Crippen LogP contribution in [0.25, 0.3) is 0 Å². The van der Waals surface area contributed by atoms with E-state index in [0.29, 0.717) is 22.8 Å². The molecule has 1 amide bonds. The van der Waals surface area contributed by atoms with E-state index in [9.17, 15) is 9.59 Å². The fourth-order valence-corrected chi connectivity index (χ4v) is 3.59. The fraction of sp³-hybridized carbons (Fsp3) is 0.227. The first-order valence-corrected chi connectivity index (χ1v) is 9.98. The Morgan fingerprint density at radius 1 is 1.11 bits per heavy atom. The first-order valence-electron chi connectivity index (χ1n) is 9.10. The van der Waals surface area contributed by atoms with E-state index in [1.54, 1.807) is 6.92 Å². The number of hydrogen-bond donors (Lipinski definition) is 2. The van der Waals surface area contributed by atoms with E-state index in [2.05, 4.69) is 15.3 Å². The predicted molar refractivity (Wildman–Crippen MR) is 114 cm³/mol. The van der Waals surface area contributed by atoms with Crippen LogP contribution in [0.2, 0.25) is 0 Å². The number of H-pyrrole nitrogens is 1. The topological polar surface area (TPSA) is 74.8 Å². The summed E-state index contributed by atoms with van der Waals surface area (Å²) in [6, 6.07) is 17.4. The molecule has 0 aliphatic rings. The molecule has 144 valence electrons. The summed E-state index contributed by atoms with van der Waals surface area (Å²) >= 11 is 1.24. The van der Waals surface area contributed by atoms with Crippen molar-refractivity contribution < 1.29 is 4.79 Å². The van der Waals surface area contributed by atoms with Crippen molar-refractivity contribution in [3.05, 3.63) is 87.3 Å². The highest BCUT2D eigenvalue weighted by molar-refractivity contribution is 8.00. The third-order valence-corrected chi connectivity index (χ3v) is 5.39. The van der Waals surface area contributed by atoms with Gasteiger partial charge in [-0.15, -0.1) is 0 Å². The number of hydrogen-bond acceptors (Lipinski definition) is 4. The van der Waals surface area contributed by atoms with Crippen molar-refractivity contribution in [3.63, 3.8) is 0 Å². The second-order valence-corrected chi connectivity index (χ2v) is 8.04. The number of anilines is 1. The van der Waals surface area contributed by atoms with Gasteiger partial charge in [-0.2, -0.15) is 0 Å². The zero-order chi connectivity index (χ0) is 20.1. The van der Waals surface area contributed by atoms with E-state index in [0.717, 1.165) is 16.8 Å². The maximum Gasteiger partial charge on any atom is 0.255 e. The molecule has 2 aromatic carbocycles. The highest BCUT2D eigenvalue weighted by atomic mass is 32.2. The van der Waals surface area contributed by atoms with Gasteiger partial charge in [0.15, 0.2) is 5.16 Å². The van der Waals surface area contributed by atoms with Gasteiger partial charge in [-0.3, -0.25) is 9.59 Å². The van der Waals surface area contributed by atoms with E-state index in [4.69, 9.17) is 0 Å². The molecule has 1 atom stereocenters. The number of rotatable bonds is 6. The van der Waals surface area contributed by atoms with Crippen LogP contribution in [-0.2, 0) is 11.2 Å². The van der Waals surface area contributed by atoms with Crippen LogP contribution in [0.15, 0.2) is 64.5 Å². The van der Waals surface area contributed by atoms with Crippen LogP contribution in [0.1, 0.15) is 29.3 Å². The Balaban J connectivity index is 1.69. The summed E-state index contributed by atoms with van der Waals surface area (Å²) in [5.74, 6) is -0.137. The van der Waals surface area contributed by atoms with Gasteiger partial charge >= 0.3 is 0 Å². The summed E-state index contributed by atoms with van der Waals surface area (Å²) in [5.41, 5.74) is 4.11. The van der Waals surface area contributed by atoms with Crippen molar-refractivity contribution >= 4 is 23.4 Å². The first-order chi connectivity index (χ1) is 13.4. The van der Waals surface area contributed by atoms with Crippen LogP contribution < -0.4 is 10.9 Å². The number of benzene rings is 2. The third-order valence-electron chi connectivity index (χ3n) is 4.40. The number of carbonyl (C=O) groups excluding carboxylic acids is 1. The van der Waals surface area contributed by atoms with Crippen molar-refractivity contribution in [3.8, 4) is 0 Å². The highest BCUT2D eigenvalue weighted by Crippen LogP contribution is 2.21. The molecule has 0 saturated heterocycles. The molecular weight excluding hydrogens is 370 g/mol. The molecule has 0 fully saturated rings. The lowest BCUT2D eigenvalue weighted by Gasteiger charge is -2.13. The molecule has 0 saturated carbocycles. The van der Waals surface area contributed by atoms with Crippen molar-refractivity contribution in [1.29, 1.82) is 0 Å². The van der Waals surface area contributed by atoms with Gasteiger partial charge in [-0.05, 0) is 38.5 Å². The van der Waals surface area contributed by atoms with Gasteiger partial charge in [0, 0.05) is 23.4 Å². The molecule has 0 bridgehead atoms. The molecule has 1 unspecified atom stereocenters. The zero-order valence-electron chi connectivity index (χ0n) is 16.2. The summed E-state index contributed by atoms with van der Waals surface area (Å²) in [5, 5.41) is 2.93. The average molecular weight is 394 g/mol. The summed E-state index contributed by atoms with van der Waals surface area (Å²) < 4.78 is 0. The molecule has 28 heavy (non-hydrogen) atoms. The van der Waals surface area contributed by atoms with Crippen LogP contribution in [0.5, 0.6) is 0 Å². The second-order valence-electron chi connectivity index (χ2n) is 6.71. The van der Waals surface area contributed by atoms with Crippen LogP contribution in [0, 0.1) is 13.8 Å². The highest BCUT2D eigenvalue weighted by Gasteiger charge is 2.17. The van der Waals surface area contributed by atoms with Gasteiger partial charge in [0.1, 0.15) is 0 Å². The summed E-state index contributed by atoms with van der Waals surface area (Å²) in [7, 11) is 0. The van der Waals surface area contributed by atoms with Gasteiger partial charge in [0.2, 0.25) is 5.91 Å². The predicted octanol–water partition coefficient (Wildman–Crippen LogP) is 4.10. The standard InChI is InChI=1S/C22H23N3O2S/c1-14-9-11-18(12-10-14)24-20(26)16(3)28-22-23-15(2)19(21(27)25-22)13-17-7-5-4-6-8-17/h4-12,16H,13H2,1-3H3,(H,24,26)(H,23,25,27). The van der Waals surface area contributed by atoms with Gasteiger partial charge in [-0.1, -0.05) is 59.8 Å². The smallest absolute Gasteiger partial charge is 0.255 e. The van der Waals surface area contributed by atoms with Gasteiger partial charge < -0.3 is 10.3 Å². The number of aryl methyl sites for hydroxylation is 2. The zero-order valence-corrected chi connectivity index (χ0v) is 17.0. The molecule has 0 spiro atoms. The Morgan fingerprint density at radius 3 is 2.43 bits per heavy atom. The summed E-state index contributed by atoms with van der Waals surface area (Å²) in [6.45, 7) is 5.62. The number of nitrogens with zero attached hydrogens (tertiary/aromatic N) is 1. The minimum Gasteiger partial charge on any atom is -0.325 e. The number of nitrogens with one attached hydrogen (secondary N) is 2. The lowest BCUT2D eigenvalue weighted by atomic mass is 10.1. The third kappa shape index (κ3) is 5.10. The number of thioether (sulfide) groups is 1. The molecule has 5 nitrogen and oxygen atoms in total. The SMILES string of the molecule is Cc1ccc(NC(=O)C(C)Sc2nc(C)c(Cc3ccccc3)c(=O)[nH]2)cc1. The lowest BCUT2D eigenvalue weighted by Crippen LogP contribution is -2.24. The number of carbonyl (C=O) groups is 1. The van der Waals surface area contributed by atoms with Gasteiger partial charge in [0.05, 0.1) is 5.25 Å². The maximum absolute atomic E-state index is 12.5. The van der Waals surface area contributed by atoms with Gasteiger partial charge in [-0.25, -0.2) is 4.98 Å². The lowest BCUT2D eigenvalue weighted by molar-refractivity contribution is -0.115. The first kappa shape index (κ1) is 19.9. The number of aromatic nitrogens is 2. The van der Waals surface area contributed by atoms with Gasteiger partial charge in [0.25, 0.3) is 5.56 Å². The Bertz CT molecular complexity index is 1010. The molecule has 1 aromatic heterocycles. The minimum absolute atomic E-state index is 0.137. The minimum atomic E-state index is -0.399. The van der Waals surface area contributed by atoms with Crippen molar-refractivity contribution in [2.45, 2.75) is 37.6 Å². The van der Waals surface area contributed by atoms with E-state index < -0.39 is 5.25 Å². The molecule has 6 heteroatoms. The molecule has 3 aromatic rings. The molecule has 0 aliphatic heterocycles. The maximum atomic E-state index is 12.5. The second kappa shape index (κ2) is 8.89. The summed E-state index contributed by atoms with van der Waals surface area (Å²) in [6.07, 6.45) is 0.531. The van der Waals surface area contributed by atoms with Crippen molar-refractivity contribution in [2.24, 2.45) is 0 Å². The molecule has 0 radical (unpaired) electrons. The monoisotopic (exact) mass is 393 g/mol. The number of aromatic amines is 1. The van der Waals surface area contributed by atoms with Crippen molar-refractivity contribution in [1.82, 2.24) is 9.97 Å². The van der Waals surface area contributed by atoms with Crippen molar-refractivity contribution in [2.75, 3.05) is 5.32 Å².